The Morgan fingerprint density at radius 3 is 2.38 bits per heavy atom. The molecule has 0 unspecified atom stereocenters. The number of ether oxygens (including phenoxy) is 1. The van der Waals surface area contributed by atoms with Crippen molar-refractivity contribution >= 4 is 21.6 Å². The van der Waals surface area contributed by atoms with Crippen LogP contribution in [-0.2, 0) is 21.3 Å². The van der Waals surface area contributed by atoms with E-state index < -0.39 is 10.0 Å². The first-order chi connectivity index (χ1) is 13.8. The van der Waals surface area contributed by atoms with Gasteiger partial charge < -0.3 is 14.5 Å². The minimum atomic E-state index is -3.65. The van der Waals surface area contributed by atoms with Crippen LogP contribution in [0.2, 0.25) is 0 Å². The smallest absolute Gasteiger partial charge is 0.256 e. The quantitative estimate of drug-likeness (QED) is 0.706. The van der Waals surface area contributed by atoms with Gasteiger partial charge in [0.05, 0.1) is 23.7 Å². The number of morpholine rings is 1. The second kappa shape index (κ2) is 8.89. The minimum absolute atomic E-state index is 0.0974. The number of aromatic nitrogens is 1. The highest BCUT2D eigenvalue weighted by Gasteiger charge is 2.25. The van der Waals surface area contributed by atoms with E-state index >= 15 is 0 Å². The number of rotatable bonds is 6. The van der Waals surface area contributed by atoms with Gasteiger partial charge in [0.25, 0.3) is 5.91 Å². The Balaban J connectivity index is 1.99. The third-order valence-electron chi connectivity index (χ3n) is 4.84. The zero-order valence-electron chi connectivity index (χ0n) is 16.9. The number of hydrogen-bond donors (Lipinski definition) is 0. The van der Waals surface area contributed by atoms with Gasteiger partial charge in [0.1, 0.15) is 0 Å². The summed E-state index contributed by atoms with van der Waals surface area (Å²) in [7, 11) is 1.00. The molecule has 156 valence electrons. The average Bonchev–Trinajstić information content (AvgIpc) is 2.74. The second-order valence-electron chi connectivity index (χ2n) is 7.08. The summed E-state index contributed by atoms with van der Waals surface area (Å²) >= 11 is 0. The van der Waals surface area contributed by atoms with Gasteiger partial charge in [0, 0.05) is 58.9 Å². The van der Waals surface area contributed by atoms with Crippen molar-refractivity contribution < 1.29 is 17.9 Å². The highest BCUT2D eigenvalue weighted by atomic mass is 32.2. The van der Waals surface area contributed by atoms with Crippen molar-refractivity contribution in [3.8, 4) is 0 Å². The number of amides is 1. The molecular weight excluding hydrogens is 392 g/mol. The number of carbonyl (C=O) groups is 1. The van der Waals surface area contributed by atoms with Crippen LogP contribution in [0.1, 0.15) is 15.9 Å². The molecule has 3 rings (SSSR count). The molecule has 1 saturated heterocycles. The van der Waals surface area contributed by atoms with E-state index in [4.69, 9.17) is 4.74 Å². The van der Waals surface area contributed by atoms with Crippen molar-refractivity contribution in [1.82, 2.24) is 14.2 Å². The maximum atomic E-state index is 13.3. The summed E-state index contributed by atoms with van der Waals surface area (Å²) in [5, 5.41) is 0. The van der Waals surface area contributed by atoms with Crippen LogP contribution < -0.4 is 4.90 Å². The molecule has 0 N–H and O–H groups in total. The Morgan fingerprint density at radius 1 is 1.10 bits per heavy atom. The molecular formula is C20H26N4O4S. The van der Waals surface area contributed by atoms with Crippen LogP contribution in [0.25, 0.3) is 0 Å². The zero-order chi connectivity index (χ0) is 21.0. The fraction of sp³-hybridized carbons (Fsp3) is 0.400. The standard InChI is InChI=1S/C20H26N4O4S/c1-22(2)29(26,27)17-4-5-19(24-10-12-28-13-11-24)18(14-17)20(25)23(3)15-16-6-8-21-9-7-16/h4-9,14H,10-13,15H2,1-3H3. The molecule has 0 atom stereocenters. The lowest BCUT2D eigenvalue weighted by molar-refractivity contribution is 0.0784. The third-order valence-corrected chi connectivity index (χ3v) is 6.66. The Bertz CT molecular complexity index is 958. The normalized spacial score (nSPS) is 14.8. The molecule has 0 radical (unpaired) electrons. The molecule has 0 spiro atoms. The Labute approximate surface area is 171 Å². The van der Waals surface area contributed by atoms with Crippen LogP contribution >= 0.6 is 0 Å². The van der Waals surface area contributed by atoms with E-state index in [0.29, 0.717) is 38.4 Å². The van der Waals surface area contributed by atoms with E-state index in [0.717, 1.165) is 15.6 Å². The van der Waals surface area contributed by atoms with Crippen molar-refractivity contribution in [2.45, 2.75) is 11.4 Å². The lowest BCUT2D eigenvalue weighted by Gasteiger charge is -2.31. The fourth-order valence-electron chi connectivity index (χ4n) is 3.18. The first-order valence-electron chi connectivity index (χ1n) is 9.34. The molecule has 29 heavy (non-hydrogen) atoms. The zero-order valence-corrected chi connectivity index (χ0v) is 17.7. The summed E-state index contributed by atoms with van der Waals surface area (Å²) in [4.78, 5) is 21.0. The Morgan fingerprint density at radius 2 is 1.76 bits per heavy atom. The van der Waals surface area contributed by atoms with Crippen LogP contribution in [0.3, 0.4) is 0 Å². The molecule has 9 heteroatoms. The maximum absolute atomic E-state index is 13.3. The Kier molecular flexibility index (Phi) is 6.51. The van der Waals surface area contributed by atoms with Crippen LogP contribution in [0.15, 0.2) is 47.6 Å². The summed E-state index contributed by atoms with van der Waals surface area (Å²) in [6.07, 6.45) is 3.36. The number of nitrogens with zero attached hydrogens (tertiary/aromatic N) is 4. The molecule has 1 aliphatic heterocycles. The highest BCUT2D eigenvalue weighted by Crippen LogP contribution is 2.27. The third kappa shape index (κ3) is 4.75. The van der Waals surface area contributed by atoms with E-state index in [1.807, 2.05) is 12.1 Å². The molecule has 0 bridgehead atoms. The van der Waals surface area contributed by atoms with Gasteiger partial charge >= 0.3 is 0 Å². The lowest BCUT2D eigenvalue weighted by Crippen LogP contribution is -2.38. The number of hydrogen-bond acceptors (Lipinski definition) is 6. The van der Waals surface area contributed by atoms with Crippen LogP contribution in [0, 0.1) is 0 Å². The lowest BCUT2D eigenvalue weighted by atomic mass is 10.1. The second-order valence-corrected chi connectivity index (χ2v) is 9.23. The average molecular weight is 419 g/mol. The van der Waals surface area contributed by atoms with Crippen molar-refractivity contribution in [3.63, 3.8) is 0 Å². The van der Waals surface area contributed by atoms with Crippen LogP contribution in [0.4, 0.5) is 5.69 Å². The van der Waals surface area contributed by atoms with E-state index in [2.05, 4.69) is 9.88 Å². The van der Waals surface area contributed by atoms with Crippen molar-refractivity contribution in [2.24, 2.45) is 0 Å². The molecule has 1 fully saturated rings. The van der Waals surface area contributed by atoms with Gasteiger partial charge in [0.2, 0.25) is 10.0 Å². The monoisotopic (exact) mass is 418 g/mol. The maximum Gasteiger partial charge on any atom is 0.256 e. The van der Waals surface area contributed by atoms with Gasteiger partial charge in [-0.05, 0) is 35.9 Å². The summed E-state index contributed by atoms with van der Waals surface area (Å²) in [5.74, 6) is -0.237. The van der Waals surface area contributed by atoms with E-state index in [-0.39, 0.29) is 10.8 Å². The van der Waals surface area contributed by atoms with Crippen LogP contribution in [-0.4, -0.2) is 76.0 Å². The summed E-state index contributed by atoms with van der Waals surface area (Å²) in [6, 6.07) is 8.44. The van der Waals surface area contributed by atoms with Gasteiger partial charge in [-0.15, -0.1) is 0 Å². The highest BCUT2D eigenvalue weighted by molar-refractivity contribution is 7.89. The van der Waals surface area contributed by atoms with Gasteiger partial charge in [-0.1, -0.05) is 0 Å². The molecule has 1 aliphatic rings. The van der Waals surface area contributed by atoms with Gasteiger partial charge in [-0.25, -0.2) is 12.7 Å². The van der Waals surface area contributed by atoms with E-state index in [1.165, 1.54) is 20.2 Å². The Hall–Kier alpha value is -2.49. The minimum Gasteiger partial charge on any atom is -0.378 e. The number of carbonyl (C=O) groups excluding carboxylic acids is 1. The summed E-state index contributed by atoms with van der Waals surface area (Å²) in [5.41, 5.74) is 2.03. The molecule has 2 aromatic rings. The summed E-state index contributed by atoms with van der Waals surface area (Å²) < 4.78 is 31.8. The molecule has 0 aliphatic carbocycles. The SMILES string of the molecule is CN(Cc1ccncc1)C(=O)c1cc(S(=O)(=O)N(C)C)ccc1N1CCOCC1. The largest absolute Gasteiger partial charge is 0.378 e. The molecule has 1 aromatic carbocycles. The van der Waals surface area contributed by atoms with Gasteiger partial charge in [-0.2, -0.15) is 0 Å². The summed E-state index contributed by atoms with van der Waals surface area (Å²) in [6.45, 7) is 2.83. The number of benzene rings is 1. The first kappa shape index (κ1) is 21.2. The van der Waals surface area contributed by atoms with Crippen molar-refractivity contribution in [3.05, 3.63) is 53.9 Å². The topological polar surface area (TPSA) is 83.0 Å². The number of anilines is 1. The predicted molar refractivity (Wildman–Crippen MR) is 110 cm³/mol. The van der Waals surface area contributed by atoms with Crippen molar-refractivity contribution in [2.75, 3.05) is 52.3 Å². The predicted octanol–water partition coefficient (Wildman–Crippen LogP) is 1.44. The molecule has 1 aromatic heterocycles. The van der Waals surface area contributed by atoms with E-state index in [9.17, 15) is 13.2 Å². The fourth-order valence-corrected chi connectivity index (χ4v) is 4.11. The first-order valence-corrected chi connectivity index (χ1v) is 10.8. The number of sulfonamides is 1. The van der Waals surface area contributed by atoms with Crippen LogP contribution in [0.5, 0.6) is 0 Å². The van der Waals surface area contributed by atoms with E-state index in [1.54, 1.807) is 36.5 Å². The molecule has 1 amide bonds. The molecule has 2 heterocycles. The number of pyridine rings is 1. The van der Waals surface area contributed by atoms with Gasteiger partial charge in [0.15, 0.2) is 0 Å². The van der Waals surface area contributed by atoms with Crippen molar-refractivity contribution in [1.29, 1.82) is 0 Å². The van der Waals surface area contributed by atoms with Gasteiger partial charge in [-0.3, -0.25) is 9.78 Å². The molecule has 8 nitrogen and oxygen atoms in total. The molecule has 0 saturated carbocycles.